The molecule has 2 aromatic heterocycles. The van der Waals surface area contributed by atoms with E-state index in [0.29, 0.717) is 17.4 Å². The topological polar surface area (TPSA) is 54.4 Å². The van der Waals surface area contributed by atoms with Crippen LogP contribution in [0.3, 0.4) is 0 Å². The Kier molecular flexibility index (Phi) is 2.46. The molecule has 0 spiro atoms. The van der Waals surface area contributed by atoms with Crippen LogP contribution in [0.25, 0.3) is 0 Å². The van der Waals surface area contributed by atoms with E-state index in [-0.39, 0.29) is 0 Å². The number of hydrogen-bond acceptors (Lipinski definition) is 3. The lowest BCUT2D eigenvalue weighted by atomic mass is 10.4. The summed E-state index contributed by atoms with van der Waals surface area (Å²) in [6.07, 6.45) is 3.56. The van der Waals surface area contributed by atoms with Crippen LogP contribution in [0.15, 0.2) is 42.7 Å². The molecule has 3 rings (SSSR count). The second kappa shape index (κ2) is 3.92. The number of aromatic nitrogens is 2. The van der Waals surface area contributed by atoms with Gasteiger partial charge in [-0.05, 0) is 22.5 Å². The van der Waals surface area contributed by atoms with Gasteiger partial charge in [0.05, 0.1) is 26.5 Å². The summed E-state index contributed by atoms with van der Waals surface area (Å²) >= 11 is 0. The van der Waals surface area contributed by atoms with Crippen molar-refractivity contribution in [2.24, 2.45) is 14.1 Å². The molecule has 98 valence electrons. The highest BCUT2D eigenvalue weighted by atomic mass is 32.2. The largest absolute Gasteiger partial charge is 0.495 e. The summed E-state index contributed by atoms with van der Waals surface area (Å²) in [4.78, 5) is 0. The van der Waals surface area contributed by atoms with E-state index in [4.69, 9.17) is 4.18 Å². The summed E-state index contributed by atoms with van der Waals surface area (Å²) in [7, 11) is -0.292. The summed E-state index contributed by atoms with van der Waals surface area (Å²) in [5.41, 5.74) is 0. The molecule has 0 aliphatic carbocycles. The summed E-state index contributed by atoms with van der Waals surface area (Å²) < 4.78 is 34.1. The van der Waals surface area contributed by atoms with Crippen LogP contribution in [-0.2, 0) is 24.4 Å². The van der Waals surface area contributed by atoms with Crippen LogP contribution in [0.2, 0.25) is 0 Å². The highest BCUT2D eigenvalue weighted by Crippen LogP contribution is 2.38. The molecule has 3 heterocycles. The Bertz CT molecular complexity index is 759. The fourth-order valence-corrected chi connectivity index (χ4v) is 3.37. The molecule has 0 saturated heterocycles. The van der Waals surface area contributed by atoms with E-state index in [1.165, 1.54) is 4.31 Å². The molecule has 19 heavy (non-hydrogen) atoms. The van der Waals surface area contributed by atoms with Gasteiger partial charge in [0.1, 0.15) is 0 Å². The molecule has 0 bridgehead atoms. The van der Waals surface area contributed by atoms with Crippen LogP contribution < -0.4 is 17.6 Å². The standard InChI is InChI=1S/C12H13N3O3S/c1-13-8-4-3-7-11(13)15-12-10(18-19(15,16)17)6-5-9-14(12)2/h3-9H,1-2H3/q+2. The van der Waals surface area contributed by atoms with Gasteiger partial charge in [-0.3, -0.25) is 0 Å². The summed E-state index contributed by atoms with van der Waals surface area (Å²) in [5.74, 6) is 1.33. The van der Waals surface area contributed by atoms with Crippen molar-refractivity contribution in [1.82, 2.24) is 0 Å². The minimum Gasteiger partial charge on any atom is -0.342 e. The van der Waals surface area contributed by atoms with Crippen LogP contribution in [0.1, 0.15) is 0 Å². The van der Waals surface area contributed by atoms with E-state index in [9.17, 15) is 8.42 Å². The number of rotatable bonds is 1. The van der Waals surface area contributed by atoms with Crippen molar-refractivity contribution in [2.45, 2.75) is 0 Å². The molecule has 0 atom stereocenters. The molecule has 1 aliphatic heterocycles. The minimum atomic E-state index is -3.85. The molecule has 0 radical (unpaired) electrons. The first-order chi connectivity index (χ1) is 9.00. The summed E-state index contributed by atoms with van der Waals surface area (Å²) in [6, 6.07) is 8.71. The van der Waals surface area contributed by atoms with Crippen LogP contribution in [0.4, 0.5) is 11.6 Å². The van der Waals surface area contributed by atoms with E-state index in [1.807, 2.05) is 6.07 Å². The number of aryl methyl sites for hydroxylation is 2. The van der Waals surface area contributed by atoms with Crippen molar-refractivity contribution < 1.29 is 21.7 Å². The SMILES string of the molecule is C[n+]1ccccc1N1c2c(ccc[n+]2C)OS1(=O)=O. The van der Waals surface area contributed by atoms with Crippen LogP contribution in [0, 0.1) is 0 Å². The van der Waals surface area contributed by atoms with Crippen LogP contribution in [-0.4, -0.2) is 8.42 Å². The van der Waals surface area contributed by atoms with Gasteiger partial charge in [-0.25, -0.2) is 9.13 Å². The first kappa shape index (κ1) is 11.9. The maximum Gasteiger partial charge on any atom is 0.495 e. The van der Waals surface area contributed by atoms with E-state index in [0.717, 1.165) is 0 Å². The second-order valence-electron chi connectivity index (χ2n) is 4.28. The second-order valence-corrected chi connectivity index (χ2v) is 5.67. The third-order valence-electron chi connectivity index (χ3n) is 2.96. The van der Waals surface area contributed by atoms with Gasteiger partial charge in [0, 0.05) is 6.07 Å². The molecule has 0 N–H and O–H groups in total. The molecular weight excluding hydrogens is 266 g/mol. The van der Waals surface area contributed by atoms with Crippen molar-refractivity contribution >= 4 is 21.9 Å². The molecule has 0 saturated carbocycles. The van der Waals surface area contributed by atoms with Gasteiger partial charge in [-0.2, -0.15) is 0 Å². The molecule has 7 heteroatoms. The van der Waals surface area contributed by atoms with Gasteiger partial charge in [-0.1, -0.05) is 6.07 Å². The summed E-state index contributed by atoms with van der Waals surface area (Å²) in [5, 5.41) is 0. The third-order valence-corrected chi connectivity index (χ3v) is 4.16. The lowest BCUT2D eigenvalue weighted by Crippen LogP contribution is -2.43. The number of fused-ring (bicyclic) bond motifs is 1. The van der Waals surface area contributed by atoms with Crippen LogP contribution >= 0.6 is 0 Å². The lowest BCUT2D eigenvalue weighted by Gasteiger charge is -2.08. The van der Waals surface area contributed by atoms with Crippen molar-refractivity contribution in [3.63, 3.8) is 0 Å². The highest BCUT2D eigenvalue weighted by molar-refractivity contribution is 7.89. The van der Waals surface area contributed by atoms with Crippen LogP contribution in [0.5, 0.6) is 5.75 Å². The van der Waals surface area contributed by atoms with Crippen molar-refractivity contribution in [1.29, 1.82) is 0 Å². The number of anilines is 2. The van der Waals surface area contributed by atoms with Gasteiger partial charge >= 0.3 is 21.9 Å². The normalized spacial score (nSPS) is 16.0. The molecule has 2 aromatic rings. The molecule has 0 amide bonds. The first-order valence-corrected chi connectivity index (χ1v) is 7.05. The predicted molar refractivity (Wildman–Crippen MR) is 66.9 cm³/mol. The molecular formula is C12H13N3O3S+2. The van der Waals surface area contributed by atoms with Crippen molar-refractivity contribution in [3.8, 4) is 5.75 Å². The fourth-order valence-electron chi connectivity index (χ4n) is 2.09. The molecule has 6 nitrogen and oxygen atoms in total. The Labute approximate surface area is 111 Å². The van der Waals surface area contributed by atoms with Crippen molar-refractivity contribution in [2.75, 3.05) is 4.31 Å². The average molecular weight is 279 g/mol. The van der Waals surface area contributed by atoms with Crippen molar-refractivity contribution in [3.05, 3.63) is 42.7 Å². The van der Waals surface area contributed by atoms with E-state index in [1.54, 1.807) is 59.9 Å². The number of nitrogens with zero attached hydrogens (tertiary/aromatic N) is 3. The number of hydrogen-bond donors (Lipinski definition) is 0. The first-order valence-electron chi connectivity index (χ1n) is 5.69. The molecule has 0 aromatic carbocycles. The highest BCUT2D eigenvalue weighted by Gasteiger charge is 2.49. The Balaban J connectivity index is 2.30. The summed E-state index contributed by atoms with van der Waals surface area (Å²) in [6.45, 7) is 0. The zero-order chi connectivity index (χ0) is 13.6. The maximum absolute atomic E-state index is 12.2. The fraction of sp³-hybridized carbons (Fsp3) is 0.167. The molecule has 0 unspecified atom stereocenters. The van der Waals surface area contributed by atoms with Gasteiger partial charge in [0.2, 0.25) is 5.75 Å². The predicted octanol–water partition coefficient (Wildman–Crippen LogP) is 0.111. The van der Waals surface area contributed by atoms with E-state index < -0.39 is 10.3 Å². The lowest BCUT2D eigenvalue weighted by molar-refractivity contribution is -0.666. The zero-order valence-electron chi connectivity index (χ0n) is 10.5. The third kappa shape index (κ3) is 1.74. The van der Waals surface area contributed by atoms with Gasteiger partial charge < -0.3 is 4.18 Å². The van der Waals surface area contributed by atoms with Gasteiger partial charge in [0.25, 0.3) is 0 Å². The number of pyridine rings is 2. The van der Waals surface area contributed by atoms with Gasteiger partial charge in [0.15, 0.2) is 0 Å². The smallest absolute Gasteiger partial charge is 0.342 e. The van der Waals surface area contributed by atoms with E-state index >= 15 is 0 Å². The minimum absolute atomic E-state index is 0.328. The monoisotopic (exact) mass is 279 g/mol. The maximum atomic E-state index is 12.2. The Morgan fingerprint density at radius 2 is 1.79 bits per heavy atom. The molecule has 1 aliphatic rings. The quantitative estimate of drug-likeness (QED) is 0.696. The van der Waals surface area contributed by atoms with E-state index in [2.05, 4.69) is 0 Å². The Morgan fingerprint density at radius 1 is 1.05 bits per heavy atom. The Morgan fingerprint density at radius 3 is 2.53 bits per heavy atom. The molecule has 0 fully saturated rings. The Hall–Kier alpha value is -2.15. The average Bonchev–Trinajstić information content (AvgIpc) is 2.62. The van der Waals surface area contributed by atoms with Gasteiger partial charge in [-0.15, -0.1) is 8.42 Å². The zero-order valence-corrected chi connectivity index (χ0v) is 11.3.